The fourth-order valence-electron chi connectivity index (χ4n) is 1.76. The van der Waals surface area contributed by atoms with E-state index in [1.807, 2.05) is 0 Å². The molecule has 6 heteroatoms. The molecule has 0 amide bonds. The van der Waals surface area contributed by atoms with Crippen LogP contribution in [0.1, 0.15) is 5.56 Å². The van der Waals surface area contributed by atoms with Gasteiger partial charge in [-0.1, -0.05) is 12.1 Å². The maximum atomic E-state index is 12.0. The predicted molar refractivity (Wildman–Crippen MR) is 69.6 cm³/mol. The Balaban J connectivity index is 1.76. The molecule has 0 unspecified atom stereocenters. The van der Waals surface area contributed by atoms with E-state index in [4.69, 9.17) is 4.74 Å². The minimum absolute atomic E-state index is 0.0939. The highest BCUT2D eigenvalue weighted by molar-refractivity contribution is 7.98. The number of thioether (sulfide) groups is 1. The molecule has 0 atom stereocenters. The zero-order valence-corrected chi connectivity index (χ0v) is 11.2. The van der Waals surface area contributed by atoms with Gasteiger partial charge in [0.1, 0.15) is 5.75 Å². The van der Waals surface area contributed by atoms with Crippen LogP contribution in [-0.2, 0) is 10.5 Å². The van der Waals surface area contributed by atoms with Gasteiger partial charge in [0.2, 0.25) is 0 Å². The van der Waals surface area contributed by atoms with Crippen LogP contribution in [0.25, 0.3) is 0 Å². The Hall–Kier alpha value is -0.850. The van der Waals surface area contributed by atoms with E-state index in [2.05, 4.69) is 4.74 Å². The Kier molecular flexibility index (Phi) is 5.01. The van der Waals surface area contributed by atoms with Crippen molar-refractivity contribution >= 4 is 11.8 Å². The molecule has 1 aromatic rings. The number of alkyl halides is 2. The summed E-state index contributed by atoms with van der Waals surface area (Å²) in [7, 11) is 0. The molecule has 0 saturated carbocycles. The first-order chi connectivity index (χ1) is 9.13. The van der Waals surface area contributed by atoms with Gasteiger partial charge in [-0.3, -0.25) is 0 Å². The van der Waals surface area contributed by atoms with Crippen molar-refractivity contribution in [3.63, 3.8) is 0 Å². The Morgan fingerprint density at radius 3 is 2.47 bits per heavy atom. The smallest absolute Gasteiger partial charge is 0.387 e. The van der Waals surface area contributed by atoms with Gasteiger partial charge in [-0.25, -0.2) is 0 Å². The quantitative estimate of drug-likeness (QED) is 0.837. The van der Waals surface area contributed by atoms with Gasteiger partial charge in [0.05, 0.1) is 19.8 Å². The lowest BCUT2D eigenvalue weighted by molar-refractivity contribution is -0.121. The molecule has 3 nitrogen and oxygen atoms in total. The van der Waals surface area contributed by atoms with E-state index in [9.17, 15) is 13.9 Å². The second-order valence-corrected chi connectivity index (χ2v) is 5.65. The van der Waals surface area contributed by atoms with Gasteiger partial charge in [0.25, 0.3) is 0 Å². The highest BCUT2D eigenvalue weighted by Gasteiger charge is 2.37. The van der Waals surface area contributed by atoms with Gasteiger partial charge in [-0.2, -0.15) is 20.5 Å². The summed E-state index contributed by atoms with van der Waals surface area (Å²) >= 11 is 1.70. The van der Waals surface area contributed by atoms with Crippen LogP contribution in [0.3, 0.4) is 0 Å². The van der Waals surface area contributed by atoms with E-state index in [-0.39, 0.29) is 17.8 Å². The molecule has 0 radical (unpaired) electrons. The molecule has 0 spiro atoms. The minimum atomic E-state index is -2.79. The molecular formula is C13H16F2O3S. The van der Waals surface area contributed by atoms with E-state index in [0.29, 0.717) is 13.2 Å². The molecule has 0 aromatic heterocycles. The van der Waals surface area contributed by atoms with Gasteiger partial charge in [0, 0.05) is 16.9 Å². The first-order valence-corrected chi connectivity index (χ1v) is 7.09. The summed E-state index contributed by atoms with van der Waals surface area (Å²) < 4.78 is 33.4. The van der Waals surface area contributed by atoms with Gasteiger partial charge < -0.3 is 14.6 Å². The molecule has 1 heterocycles. The van der Waals surface area contributed by atoms with Crippen molar-refractivity contribution in [2.24, 2.45) is 5.41 Å². The number of hydrogen-bond acceptors (Lipinski definition) is 4. The lowest BCUT2D eigenvalue weighted by Crippen LogP contribution is -2.47. The summed E-state index contributed by atoms with van der Waals surface area (Å²) in [6, 6.07) is 6.62. The molecule has 0 bridgehead atoms. The Labute approximate surface area is 114 Å². The van der Waals surface area contributed by atoms with Crippen molar-refractivity contribution < 1.29 is 23.4 Å². The summed E-state index contributed by atoms with van der Waals surface area (Å²) in [6.07, 6.45) is 0. The predicted octanol–water partition coefficient (Wildman–Crippen LogP) is 2.53. The summed E-state index contributed by atoms with van der Waals surface area (Å²) in [6.45, 7) is -1.43. The summed E-state index contributed by atoms with van der Waals surface area (Å²) in [5, 5.41) is 9.27. The number of aliphatic hydroxyl groups is 1. The molecular weight excluding hydrogens is 274 g/mol. The zero-order chi connectivity index (χ0) is 13.7. The second kappa shape index (κ2) is 6.54. The molecule has 1 saturated heterocycles. The van der Waals surface area contributed by atoms with Gasteiger partial charge in [-0.05, 0) is 17.7 Å². The first kappa shape index (κ1) is 14.6. The monoisotopic (exact) mass is 290 g/mol. The minimum Gasteiger partial charge on any atom is -0.435 e. The van der Waals surface area contributed by atoms with Gasteiger partial charge in [0.15, 0.2) is 0 Å². The SMILES string of the molecule is OCC1(CSCc2ccc(OC(F)F)cc2)COC1. The van der Waals surface area contributed by atoms with Crippen LogP contribution < -0.4 is 4.74 Å². The number of benzene rings is 1. The van der Waals surface area contributed by atoms with Crippen molar-refractivity contribution in [2.45, 2.75) is 12.4 Å². The molecule has 1 aliphatic rings. The third-order valence-corrected chi connectivity index (χ3v) is 4.33. The van der Waals surface area contributed by atoms with Crippen LogP contribution in [0.5, 0.6) is 5.75 Å². The standard InChI is InChI=1S/C13H16F2O3S/c14-12(15)18-11-3-1-10(2-4-11)5-19-9-13(6-16)7-17-8-13/h1-4,12,16H,5-9H2. The molecule has 19 heavy (non-hydrogen) atoms. The summed E-state index contributed by atoms with van der Waals surface area (Å²) in [4.78, 5) is 0. The molecule has 1 N–H and O–H groups in total. The van der Waals surface area contributed by atoms with Crippen LogP contribution in [0, 0.1) is 5.41 Å². The first-order valence-electron chi connectivity index (χ1n) is 5.94. The van der Waals surface area contributed by atoms with E-state index in [0.717, 1.165) is 17.1 Å². The topological polar surface area (TPSA) is 38.7 Å². The highest BCUT2D eigenvalue weighted by atomic mass is 32.2. The number of ether oxygens (including phenoxy) is 2. The molecule has 1 fully saturated rings. The number of rotatable bonds is 7. The molecule has 1 aliphatic heterocycles. The fraction of sp³-hybridized carbons (Fsp3) is 0.538. The normalized spacial score (nSPS) is 17.3. The maximum Gasteiger partial charge on any atom is 0.387 e. The Morgan fingerprint density at radius 1 is 1.32 bits per heavy atom. The van der Waals surface area contributed by atoms with E-state index < -0.39 is 6.61 Å². The maximum absolute atomic E-state index is 12.0. The van der Waals surface area contributed by atoms with Crippen molar-refractivity contribution in [1.82, 2.24) is 0 Å². The number of hydrogen-bond donors (Lipinski definition) is 1. The molecule has 2 rings (SSSR count). The van der Waals surface area contributed by atoms with Crippen LogP contribution in [-0.4, -0.2) is 37.3 Å². The fourth-order valence-corrected chi connectivity index (χ4v) is 2.98. The average molecular weight is 290 g/mol. The van der Waals surface area contributed by atoms with Crippen LogP contribution in [0.2, 0.25) is 0 Å². The van der Waals surface area contributed by atoms with E-state index >= 15 is 0 Å². The van der Waals surface area contributed by atoms with Crippen LogP contribution >= 0.6 is 11.8 Å². The van der Waals surface area contributed by atoms with E-state index in [1.54, 1.807) is 23.9 Å². The lowest BCUT2D eigenvalue weighted by Gasteiger charge is -2.39. The highest BCUT2D eigenvalue weighted by Crippen LogP contribution is 2.32. The zero-order valence-electron chi connectivity index (χ0n) is 10.4. The third kappa shape index (κ3) is 4.06. The second-order valence-electron chi connectivity index (χ2n) is 4.67. The number of halogens is 2. The number of aliphatic hydroxyl groups excluding tert-OH is 1. The van der Waals surface area contributed by atoms with Gasteiger partial charge in [-0.15, -0.1) is 0 Å². The van der Waals surface area contributed by atoms with Crippen molar-refractivity contribution in [1.29, 1.82) is 0 Å². The summed E-state index contributed by atoms with van der Waals surface area (Å²) in [5.41, 5.74) is 0.948. The third-order valence-electron chi connectivity index (χ3n) is 2.98. The van der Waals surface area contributed by atoms with Crippen molar-refractivity contribution in [3.8, 4) is 5.75 Å². The molecule has 106 valence electrons. The Morgan fingerprint density at radius 2 is 2.00 bits per heavy atom. The van der Waals surface area contributed by atoms with Crippen LogP contribution in [0.15, 0.2) is 24.3 Å². The lowest BCUT2D eigenvalue weighted by atomic mass is 9.90. The van der Waals surface area contributed by atoms with Crippen molar-refractivity contribution in [3.05, 3.63) is 29.8 Å². The molecule has 1 aromatic carbocycles. The summed E-state index contributed by atoms with van der Waals surface area (Å²) in [5.74, 6) is 1.78. The average Bonchev–Trinajstić information content (AvgIpc) is 2.34. The Bertz CT molecular complexity index is 388. The van der Waals surface area contributed by atoms with Crippen LogP contribution in [0.4, 0.5) is 8.78 Å². The largest absolute Gasteiger partial charge is 0.435 e. The molecule has 0 aliphatic carbocycles. The van der Waals surface area contributed by atoms with Gasteiger partial charge >= 0.3 is 6.61 Å². The van der Waals surface area contributed by atoms with E-state index in [1.165, 1.54) is 12.1 Å². The van der Waals surface area contributed by atoms with Crippen molar-refractivity contribution in [2.75, 3.05) is 25.6 Å².